The maximum Gasteiger partial charge on any atom is 0.199 e. The lowest BCUT2D eigenvalue weighted by molar-refractivity contribution is 0.694. The largest absolute Gasteiger partial charge is 0.346 e. The molecule has 0 amide bonds. The van der Waals surface area contributed by atoms with Crippen molar-refractivity contribution < 1.29 is 0 Å². The summed E-state index contributed by atoms with van der Waals surface area (Å²) in [7, 11) is 1.85. The number of aryl methyl sites for hydroxylation is 3. The van der Waals surface area contributed by atoms with E-state index in [4.69, 9.17) is 0 Å². The van der Waals surface area contributed by atoms with Crippen LogP contribution in [0.15, 0.2) is 34.7 Å². The molecule has 0 radical (unpaired) electrons. The number of fused-ring (bicyclic) bond motifs is 1. The van der Waals surface area contributed by atoms with E-state index in [1.807, 2.05) is 30.9 Å². The van der Waals surface area contributed by atoms with Crippen LogP contribution < -0.4 is 5.43 Å². The molecule has 92 valence electrons. The van der Waals surface area contributed by atoms with Gasteiger partial charge in [0.25, 0.3) is 0 Å². The molecule has 0 aliphatic carbocycles. The first-order valence-corrected chi connectivity index (χ1v) is 6.54. The van der Waals surface area contributed by atoms with Crippen molar-refractivity contribution in [3.8, 4) is 0 Å². The van der Waals surface area contributed by atoms with Crippen LogP contribution in [0.4, 0.5) is 0 Å². The van der Waals surface area contributed by atoms with Crippen LogP contribution in [0.2, 0.25) is 0 Å². The second-order valence-corrected chi connectivity index (χ2v) is 5.06. The highest BCUT2D eigenvalue weighted by molar-refractivity contribution is 7.17. The Labute approximate surface area is 107 Å². The van der Waals surface area contributed by atoms with Crippen molar-refractivity contribution in [2.45, 2.75) is 13.0 Å². The fraction of sp³-hybridized carbons (Fsp3) is 0.250. The number of pyridine rings is 1. The number of nitrogens with zero attached hydrogens (tertiary/aromatic N) is 4. The molecular weight excluding hydrogens is 248 g/mol. The Bertz CT molecular complexity index is 740. The van der Waals surface area contributed by atoms with Crippen LogP contribution in [-0.4, -0.2) is 19.6 Å². The van der Waals surface area contributed by atoms with Crippen LogP contribution in [0, 0.1) is 0 Å². The van der Waals surface area contributed by atoms with Gasteiger partial charge in [-0.1, -0.05) is 5.21 Å². The van der Waals surface area contributed by atoms with Gasteiger partial charge in [-0.05, 0) is 11.4 Å². The van der Waals surface area contributed by atoms with Gasteiger partial charge < -0.3 is 4.57 Å². The molecule has 3 aromatic rings. The van der Waals surface area contributed by atoms with Gasteiger partial charge in [0.2, 0.25) is 0 Å². The lowest BCUT2D eigenvalue weighted by Crippen LogP contribution is -2.07. The Morgan fingerprint density at radius 3 is 3.06 bits per heavy atom. The van der Waals surface area contributed by atoms with E-state index >= 15 is 0 Å². The Balaban J connectivity index is 1.89. The van der Waals surface area contributed by atoms with E-state index in [1.54, 1.807) is 10.7 Å². The summed E-state index contributed by atoms with van der Waals surface area (Å²) >= 11 is 1.49. The first-order valence-electron chi connectivity index (χ1n) is 5.66. The highest BCUT2D eigenvalue weighted by Crippen LogP contribution is 2.16. The minimum absolute atomic E-state index is 0.0933. The molecule has 0 spiro atoms. The van der Waals surface area contributed by atoms with Gasteiger partial charge in [-0.15, -0.1) is 16.4 Å². The van der Waals surface area contributed by atoms with Gasteiger partial charge in [0, 0.05) is 38.5 Å². The van der Waals surface area contributed by atoms with Crippen molar-refractivity contribution in [1.29, 1.82) is 0 Å². The van der Waals surface area contributed by atoms with E-state index in [-0.39, 0.29) is 5.43 Å². The summed E-state index contributed by atoms with van der Waals surface area (Å²) in [6.07, 6.45) is 4.56. The molecule has 3 rings (SSSR count). The molecule has 3 heterocycles. The summed E-state index contributed by atoms with van der Waals surface area (Å²) in [5.41, 5.74) is 2.05. The number of hydrogen-bond acceptors (Lipinski definition) is 4. The summed E-state index contributed by atoms with van der Waals surface area (Å²) in [4.78, 5) is 11.6. The highest BCUT2D eigenvalue weighted by Gasteiger charge is 2.05. The van der Waals surface area contributed by atoms with Gasteiger partial charge in [0.15, 0.2) is 5.43 Å². The minimum Gasteiger partial charge on any atom is -0.346 e. The number of hydrogen-bond donors (Lipinski definition) is 0. The van der Waals surface area contributed by atoms with Crippen molar-refractivity contribution in [3.05, 3.63) is 45.8 Å². The molecule has 0 bridgehead atoms. The molecule has 0 atom stereocenters. The summed E-state index contributed by atoms with van der Waals surface area (Å²) in [6, 6.07) is 3.60. The molecule has 0 saturated heterocycles. The lowest BCUT2D eigenvalue weighted by atomic mass is 10.3. The smallest absolute Gasteiger partial charge is 0.199 e. The van der Waals surface area contributed by atoms with Crippen molar-refractivity contribution in [3.63, 3.8) is 0 Å². The normalized spacial score (nSPS) is 11.2. The maximum atomic E-state index is 11.6. The SMILES string of the molecule is Cn1cc(CCn2ccc(=O)c3sccc32)nn1. The van der Waals surface area contributed by atoms with Crippen LogP contribution >= 0.6 is 11.3 Å². The number of rotatable bonds is 3. The van der Waals surface area contributed by atoms with E-state index in [0.717, 1.165) is 28.9 Å². The highest BCUT2D eigenvalue weighted by atomic mass is 32.1. The average Bonchev–Trinajstić information content (AvgIpc) is 2.98. The molecule has 0 fully saturated rings. The standard InChI is InChI=1S/C12H12N4OS/c1-15-8-9(13-14-15)2-5-16-6-3-11(17)12-10(16)4-7-18-12/h3-4,6-8H,2,5H2,1H3. The van der Waals surface area contributed by atoms with E-state index in [0.29, 0.717) is 0 Å². The molecule has 0 unspecified atom stereocenters. The molecule has 0 aromatic carbocycles. The molecule has 5 nitrogen and oxygen atoms in total. The zero-order valence-corrected chi connectivity index (χ0v) is 10.7. The molecular formula is C12H12N4OS. The first-order chi connectivity index (χ1) is 8.74. The van der Waals surface area contributed by atoms with Crippen LogP contribution in [0.25, 0.3) is 10.2 Å². The van der Waals surface area contributed by atoms with Crippen molar-refractivity contribution in [2.24, 2.45) is 7.05 Å². The third kappa shape index (κ3) is 1.95. The third-order valence-electron chi connectivity index (χ3n) is 2.84. The fourth-order valence-electron chi connectivity index (χ4n) is 1.97. The monoisotopic (exact) mass is 260 g/mol. The van der Waals surface area contributed by atoms with Gasteiger partial charge in [0.1, 0.15) is 0 Å². The predicted molar refractivity (Wildman–Crippen MR) is 70.8 cm³/mol. The molecule has 0 N–H and O–H groups in total. The van der Waals surface area contributed by atoms with Gasteiger partial charge in [-0.3, -0.25) is 9.48 Å². The lowest BCUT2D eigenvalue weighted by Gasteiger charge is -2.06. The van der Waals surface area contributed by atoms with Crippen LogP contribution in [0.5, 0.6) is 0 Å². The van der Waals surface area contributed by atoms with Crippen molar-refractivity contribution >= 4 is 21.6 Å². The maximum absolute atomic E-state index is 11.6. The summed E-state index contributed by atoms with van der Waals surface area (Å²) in [6.45, 7) is 0.798. The van der Waals surface area contributed by atoms with E-state index in [2.05, 4.69) is 14.9 Å². The number of thiophene rings is 1. The number of aromatic nitrogens is 4. The van der Waals surface area contributed by atoms with Gasteiger partial charge in [0.05, 0.1) is 15.9 Å². The predicted octanol–water partition coefficient (Wildman–Crippen LogP) is 1.43. The summed E-state index contributed by atoms with van der Waals surface area (Å²) in [5, 5.41) is 9.91. The zero-order chi connectivity index (χ0) is 12.5. The average molecular weight is 260 g/mol. The quantitative estimate of drug-likeness (QED) is 0.716. The van der Waals surface area contributed by atoms with Gasteiger partial charge in [-0.2, -0.15) is 0 Å². The summed E-state index contributed by atoms with van der Waals surface area (Å²) in [5.74, 6) is 0. The third-order valence-corrected chi connectivity index (χ3v) is 3.76. The fourth-order valence-corrected chi connectivity index (χ4v) is 2.79. The van der Waals surface area contributed by atoms with E-state index in [9.17, 15) is 4.79 Å². The Hall–Kier alpha value is -1.95. The molecule has 6 heteroatoms. The Kier molecular flexibility index (Phi) is 2.71. The van der Waals surface area contributed by atoms with E-state index in [1.165, 1.54) is 11.3 Å². The molecule has 0 saturated carbocycles. The minimum atomic E-state index is 0.0933. The topological polar surface area (TPSA) is 52.7 Å². The van der Waals surface area contributed by atoms with Crippen LogP contribution in [0.1, 0.15) is 5.69 Å². The van der Waals surface area contributed by atoms with E-state index < -0.39 is 0 Å². The molecule has 0 aliphatic rings. The zero-order valence-electron chi connectivity index (χ0n) is 9.91. The summed E-state index contributed by atoms with van der Waals surface area (Å²) < 4.78 is 4.60. The molecule has 18 heavy (non-hydrogen) atoms. The van der Waals surface area contributed by atoms with Gasteiger partial charge >= 0.3 is 0 Å². The Morgan fingerprint density at radius 1 is 1.39 bits per heavy atom. The van der Waals surface area contributed by atoms with Crippen LogP contribution in [-0.2, 0) is 20.0 Å². The second-order valence-electron chi connectivity index (χ2n) is 4.14. The van der Waals surface area contributed by atoms with Crippen molar-refractivity contribution in [1.82, 2.24) is 19.6 Å². The molecule has 0 aliphatic heterocycles. The van der Waals surface area contributed by atoms with Crippen molar-refractivity contribution in [2.75, 3.05) is 0 Å². The second kappa shape index (κ2) is 4.38. The Morgan fingerprint density at radius 2 is 2.28 bits per heavy atom. The first kappa shape index (κ1) is 11.2. The van der Waals surface area contributed by atoms with Gasteiger partial charge in [-0.25, -0.2) is 0 Å². The van der Waals surface area contributed by atoms with Crippen LogP contribution in [0.3, 0.4) is 0 Å². The molecule has 3 aromatic heterocycles.